The molecule has 0 aliphatic rings. The summed E-state index contributed by atoms with van der Waals surface area (Å²) in [6, 6.07) is 0. The van der Waals surface area contributed by atoms with E-state index in [9.17, 15) is 3.08 Å². The quantitative estimate of drug-likeness (QED) is 0.658. The van der Waals surface area contributed by atoms with Crippen molar-refractivity contribution in [3.05, 3.63) is 0 Å². The van der Waals surface area contributed by atoms with Crippen LogP contribution in [0.2, 0.25) is 0 Å². The van der Waals surface area contributed by atoms with Crippen LogP contribution in [0.5, 0.6) is 0 Å². The maximum absolute atomic E-state index is 9.82. The van der Waals surface area contributed by atoms with E-state index in [0.29, 0.717) is 6.61 Å². The third-order valence-corrected chi connectivity index (χ3v) is 1.72. The van der Waals surface area contributed by atoms with Crippen molar-refractivity contribution in [3.8, 4) is 0 Å². The zero-order valence-corrected chi connectivity index (χ0v) is 7.03. The van der Waals surface area contributed by atoms with E-state index in [0.717, 1.165) is 6.42 Å². The summed E-state index contributed by atoms with van der Waals surface area (Å²) >= 11 is -3.39. The van der Waals surface area contributed by atoms with Gasteiger partial charge in [0, 0.05) is 0 Å². The molecule has 4 heteroatoms. The van der Waals surface area contributed by atoms with Gasteiger partial charge in [-0.05, 0) is 0 Å². The van der Waals surface area contributed by atoms with E-state index < -0.39 is 20.6 Å². The van der Waals surface area contributed by atoms with Gasteiger partial charge in [-0.25, -0.2) is 0 Å². The minimum atomic E-state index is -3.39. The average molecular weight is 211 g/mol. The third kappa shape index (κ3) is 6.52. The molecule has 0 atom stereocenters. The van der Waals surface area contributed by atoms with E-state index in [-0.39, 0.29) is 0 Å². The molecule has 0 fully saturated rings. The van der Waals surface area contributed by atoms with Crippen molar-refractivity contribution in [1.82, 2.24) is 0 Å². The van der Waals surface area contributed by atoms with Crippen LogP contribution in [-0.2, 0) is 6.15 Å². The first kappa shape index (κ1) is 7.52. The van der Waals surface area contributed by atoms with Crippen LogP contribution in [-0.4, -0.2) is 30.6 Å². The predicted octanol–water partition coefficient (Wildman–Crippen LogP) is -0.179. The zero-order valence-electron chi connectivity index (χ0n) is 4.18. The fraction of sp³-hybridized carbons (Fsp3) is 1.00. The first-order chi connectivity index (χ1) is 3.27. The molecule has 1 N–H and O–H groups in total. The van der Waals surface area contributed by atoms with E-state index in [1.165, 1.54) is 0 Å². The molecule has 0 heterocycles. The monoisotopic (exact) mass is 212 g/mol. The van der Waals surface area contributed by atoms with Gasteiger partial charge in [-0.2, -0.15) is 0 Å². The van der Waals surface area contributed by atoms with E-state index in [4.69, 9.17) is 3.44 Å². The summed E-state index contributed by atoms with van der Waals surface area (Å²) in [6.07, 6.45) is 0.812. The Morgan fingerprint density at radius 2 is 2.43 bits per heavy atom. The Morgan fingerprint density at radius 3 is 2.57 bits per heavy atom. The topological polar surface area (TPSA) is 46.5 Å². The van der Waals surface area contributed by atoms with Crippen LogP contribution in [0.3, 0.4) is 0 Å². The summed E-state index contributed by atoms with van der Waals surface area (Å²) in [5.41, 5.74) is 0. The number of hydrogen-bond donors (Lipinski definition) is 1. The summed E-state index contributed by atoms with van der Waals surface area (Å²) < 4.78 is 22.3. The summed E-state index contributed by atoms with van der Waals surface area (Å²) in [7, 11) is 0. The second-order valence-corrected chi connectivity index (χ2v) is 3.46. The van der Waals surface area contributed by atoms with Crippen molar-refractivity contribution in [2.24, 2.45) is 0 Å². The minimum absolute atomic E-state index is 0.425. The van der Waals surface area contributed by atoms with Gasteiger partial charge < -0.3 is 0 Å². The molecule has 0 aliphatic heterocycles. The molecular weight excluding hydrogens is 203 g/mol. The molecule has 0 unspecified atom stereocenters. The summed E-state index contributed by atoms with van der Waals surface area (Å²) in [4.78, 5) is 0. The van der Waals surface area contributed by atoms with Gasteiger partial charge in [0.25, 0.3) is 0 Å². The van der Waals surface area contributed by atoms with Crippen molar-refractivity contribution in [1.29, 1.82) is 0 Å². The van der Waals surface area contributed by atoms with Gasteiger partial charge in [0.1, 0.15) is 0 Å². The fourth-order valence-corrected chi connectivity index (χ4v) is 1.27. The molecule has 0 spiro atoms. The van der Waals surface area contributed by atoms with Crippen LogP contribution in [0, 0.1) is 0 Å². The van der Waals surface area contributed by atoms with Gasteiger partial charge in [-0.3, -0.25) is 0 Å². The number of rotatable bonds is 3. The second-order valence-electron chi connectivity index (χ2n) is 1.11. The van der Waals surface area contributed by atoms with Crippen LogP contribution < -0.4 is 0 Å². The molecule has 0 aromatic rings. The zero-order chi connectivity index (χ0) is 5.70. The van der Waals surface area contributed by atoms with Crippen molar-refractivity contribution >= 4 is 20.6 Å². The molecule has 7 heavy (non-hydrogen) atoms. The molecular formula is C3H8O3Sn. The van der Waals surface area contributed by atoms with Crippen LogP contribution in [0.25, 0.3) is 0 Å². The van der Waals surface area contributed by atoms with Crippen LogP contribution in [0.4, 0.5) is 0 Å². The molecule has 42 valence electrons. The standard InChI is InChI=1S/C3H7O.H2O.O.Sn/c1-2-3-4;;;/h2-3H2,1H3;1H2;;/q-1;;;+2/p-1. The van der Waals surface area contributed by atoms with Crippen molar-refractivity contribution in [2.75, 3.05) is 6.61 Å². The third-order valence-electron chi connectivity index (χ3n) is 0.430. The van der Waals surface area contributed by atoms with Crippen molar-refractivity contribution in [2.45, 2.75) is 13.3 Å². The van der Waals surface area contributed by atoms with E-state index in [1.807, 2.05) is 6.92 Å². The predicted molar refractivity (Wildman–Crippen MR) is 24.9 cm³/mol. The second kappa shape index (κ2) is 4.67. The maximum atomic E-state index is 9.82. The first-order valence-electron chi connectivity index (χ1n) is 2.13. The van der Waals surface area contributed by atoms with Gasteiger partial charge in [-0.1, -0.05) is 0 Å². The Hall–Kier alpha value is 0.519. The summed E-state index contributed by atoms with van der Waals surface area (Å²) in [5, 5.41) is 0. The van der Waals surface area contributed by atoms with E-state index in [1.54, 1.807) is 0 Å². The molecule has 0 saturated heterocycles. The molecule has 0 aromatic carbocycles. The fourth-order valence-electron chi connectivity index (χ4n) is 0.189. The Morgan fingerprint density at radius 1 is 1.86 bits per heavy atom. The van der Waals surface area contributed by atoms with E-state index in [2.05, 4.69) is 3.07 Å². The molecule has 0 radical (unpaired) electrons. The Kier molecular flexibility index (Phi) is 5.02. The van der Waals surface area contributed by atoms with Crippen molar-refractivity contribution < 1.29 is 9.59 Å². The van der Waals surface area contributed by atoms with E-state index >= 15 is 0 Å². The first-order valence-corrected chi connectivity index (χ1v) is 5.73. The molecule has 0 saturated carbocycles. The van der Waals surface area contributed by atoms with Gasteiger partial charge in [0.15, 0.2) is 0 Å². The Bertz CT molecular complexity index is 63.2. The van der Waals surface area contributed by atoms with Crippen LogP contribution in [0.15, 0.2) is 0 Å². The normalized spacial score (nSPS) is 8.86. The molecule has 0 rings (SSSR count). The van der Waals surface area contributed by atoms with Gasteiger partial charge in [-0.15, -0.1) is 0 Å². The average Bonchev–Trinajstić information content (AvgIpc) is 1.61. The molecule has 0 bridgehead atoms. The van der Waals surface area contributed by atoms with Gasteiger partial charge in [0.2, 0.25) is 0 Å². The molecule has 0 aromatic heterocycles. The molecule has 3 nitrogen and oxygen atoms in total. The Labute approximate surface area is 50.5 Å². The van der Waals surface area contributed by atoms with Gasteiger partial charge >= 0.3 is 50.1 Å². The number of hydrogen-bond acceptors (Lipinski definition) is 2. The summed E-state index contributed by atoms with van der Waals surface area (Å²) in [6.45, 7) is 2.32. The SMILES string of the molecule is CCC[O][Sn](=[O])[OH]. The molecule has 0 aliphatic carbocycles. The van der Waals surface area contributed by atoms with Crippen LogP contribution >= 0.6 is 0 Å². The van der Waals surface area contributed by atoms with Crippen LogP contribution in [0.1, 0.15) is 13.3 Å². The van der Waals surface area contributed by atoms with Crippen molar-refractivity contribution in [3.63, 3.8) is 0 Å². The van der Waals surface area contributed by atoms with Gasteiger partial charge in [0.05, 0.1) is 0 Å². The summed E-state index contributed by atoms with van der Waals surface area (Å²) in [5.74, 6) is 0. The Balaban J connectivity index is 2.82. The molecule has 0 amide bonds.